The lowest BCUT2D eigenvalue weighted by Gasteiger charge is -2.13. The second-order valence-corrected chi connectivity index (χ2v) is 2.53. The van der Waals surface area contributed by atoms with Gasteiger partial charge in [0.05, 0.1) is 24.9 Å². The monoisotopic (exact) mass is 183 g/mol. The zero-order valence-electron chi connectivity index (χ0n) is 6.36. The minimum atomic E-state index is -0.681. The fraction of sp³-hybridized carbons (Fsp3) is 1.00. The molecule has 68 valence electrons. The first-order valence-electron chi connectivity index (χ1n) is 3.34. The Labute approximate surface area is 72.0 Å². The van der Waals surface area contributed by atoms with Crippen LogP contribution in [0.1, 0.15) is 0 Å². The zero-order valence-corrected chi connectivity index (χ0v) is 7.17. The molecule has 3 atom stereocenters. The van der Waals surface area contributed by atoms with E-state index in [1.165, 1.54) is 0 Å². The molecule has 0 aromatic carbocycles. The third kappa shape index (κ3) is 2.57. The van der Waals surface area contributed by atoms with E-state index in [9.17, 15) is 5.11 Å². The van der Waals surface area contributed by atoms with Crippen LogP contribution >= 0.6 is 12.4 Å². The van der Waals surface area contributed by atoms with Crippen molar-refractivity contribution in [3.63, 3.8) is 0 Å². The smallest absolute Gasteiger partial charge is 0.0986 e. The molecule has 0 bridgehead atoms. The van der Waals surface area contributed by atoms with Gasteiger partial charge in [0, 0.05) is 13.7 Å². The highest BCUT2D eigenvalue weighted by atomic mass is 35.5. The SMILES string of the molecule is COC[C@@H]1NC[C@@H](O)[C@H]1O.Cl. The molecule has 0 aliphatic carbocycles. The molecule has 0 aromatic rings. The number of β-amino-alcohol motifs (C(OH)–C–C–N with tert-alkyl or cyclic N) is 1. The summed E-state index contributed by atoms with van der Waals surface area (Å²) in [6.45, 7) is 0.896. The predicted octanol–water partition coefficient (Wildman–Crippen LogP) is -1.25. The van der Waals surface area contributed by atoms with Gasteiger partial charge in [-0.1, -0.05) is 0 Å². The lowest BCUT2D eigenvalue weighted by molar-refractivity contribution is 0.0234. The van der Waals surface area contributed by atoms with E-state index in [-0.39, 0.29) is 18.4 Å². The molecule has 0 saturated carbocycles. The van der Waals surface area contributed by atoms with Gasteiger partial charge < -0.3 is 20.3 Å². The summed E-state index contributed by atoms with van der Waals surface area (Å²) < 4.78 is 4.81. The molecule has 0 radical (unpaired) electrons. The van der Waals surface area contributed by atoms with Gasteiger partial charge in [-0.05, 0) is 0 Å². The summed E-state index contributed by atoms with van der Waals surface area (Å²) in [7, 11) is 1.57. The first-order chi connectivity index (χ1) is 4.75. The summed E-state index contributed by atoms with van der Waals surface area (Å²) in [5.41, 5.74) is 0. The molecular weight excluding hydrogens is 170 g/mol. The zero-order chi connectivity index (χ0) is 7.56. The van der Waals surface area contributed by atoms with E-state index < -0.39 is 12.2 Å². The molecule has 1 aliphatic rings. The largest absolute Gasteiger partial charge is 0.389 e. The van der Waals surface area contributed by atoms with Gasteiger partial charge in [0.15, 0.2) is 0 Å². The maximum absolute atomic E-state index is 9.20. The fourth-order valence-electron chi connectivity index (χ4n) is 1.12. The van der Waals surface area contributed by atoms with Crippen molar-refractivity contribution in [2.24, 2.45) is 0 Å². The van der Waals surface area contributed by atoms with Crippen LogP contribution in [0.4, 0.5) is 0 Å². The maximum atomic E-state index is 9.20. The summed E-state index contributed by atoms with van der Waals surface area (Å²) in [6.07, 6.45) is -1.32. The second-order valence-electron chi connectivity index (χ2n) is 2.53. The average molecular weight is 184 g/mol. The van der Waals surface area contributed by atoms with Crippen molar-refractivity contribution < 1.29 is 14.9 Å². The minimum absolute atomic E-state index is 0. The summed E-state index contributed by atoms with van der Waals surface area (Å²) in [4.78, 5) is 0. The molecule has 0 spiro atoms. The Bertz CT molecular complexity index is 112. The van der Waals surface area contributed by atoms with Crippen molar-refractivity contribution in [2.45, 2.75) is 18.2 Å². The molecule has 1 aliphatic heterocycles. The van der Waals surface area contributed by atoms with Crippen molar-refractivity contribution in [2.75, 3.05) is 20.3 Å². The van der Waals surface area contributed by atoms with Crippen LogP contribution in [0.2, 0.25) is 0 Å². The van der Waals surface area contributed by atoms with Crippen LogP contribution in [-0.4, -0.2) is 48.7 Å². The minimum Gasteiger partial charge on any atom is -0.389 e. The Morgan fingerprint density at radius 1 is 1.55 bits per heavy atom. The van der Waals surface area contributed by atoms with Crippen molar-refractivity contribution in [3.05, 3.63) is 0 Å². The molecule has 0 unspecified atom stereocenters. The van der Waals surface area contributed by atoms with Crippen molar-refractivity contribution in [3.8, 4) is 0 Å². The molecule has 5 heteroatoms. The van der Waals surface area contributed by atoms with E-state index in [4.69, 9.17) is 9.84 Å². The quantitative estimate of drug-likeness (QED) is 0.501. The lowest BCUT2D eigenvalue weighted by Crippen LogP contribution is -2.36. The number of halogens is 1. The van der Waals surface area contributed by atoms with Crippen LogP contribution < -0.4 is 5.32 Å². The van der Waals surface area contributed by atoms with Gasteiger partial charge in [-0.3, -0.25) is 0 Å². The van der Waals surface area contributed by atoms with Gasteiger partial charge >= 0.3 is 0 Å². The van der Waals surface area contributed by atoms with E-state index in [0.717, 1.165) is 0 Å². The molecule has 0 amide bonds. The van der Waals surface area contributed by atoms with Gasteiger partial charge in [0.1, 0.15) is 0 Å². The number of hydrogen-bond donors (Lipinski definition) is 3. The highest BCUT2D eigenvalue weighted by molar-refractivity contribution is 5.85. The maximum Gasteiger partial charge on any atom is 0.0986 e. The average Bonchev–Trinajstić information content (AvgIpc) is 2.20. The highest BCUT2D eigenvalue weighted by Gasteiger charge is 2.32. The third-order valence-corrected chi connectivity index (χ3v) is 1.74. The number of rotatable bonds is 2. The topological polar surface area (TPSA) is 61.7 Å². The molecule has 1 fully saturated rings. The molecule has 0 aromatic heterocycles. The standard InChI is InChI=1S/C6H13NO3.ClH/c1-10-3-4-6(9)5(8)2-7-4;/h4-9H,2-3H2,1H3;1H/t4-,5+,6-;/m0./s1. The predicted molar refractivity (Wildman–Crippen MR) is 42.9 cm³/mol. The van der Waals surface area contributed by atoms with Crippen LogP contribution in [0.5, 0.6) is 0 Å². The number of hydrogen-bond acceptors (Lipinski definition) is 4. The third-order valence-electron chi connectivity index (χ3n) is 1.74. The number of nitrogens with one attached hydrogen (secondary N) is 1. The van der Waals surface area contributed by atoms with Gasteiger partial charge in [0.25, 0.3) is 0 Å². The van der Waals surface area contributed by atoms with Crippen LogP contribution in [0.25, 0.3) is 0 Å². The second kappa shape index (κ2) is 4.90. The molecule has 1 heterocycles. The van der Waals surface area contributed by atoms with Crippen molar-refractivity contribution in [1.29, 1.82) is 0 Å². The van der Waals surface area contributed by atoms with Gasteiger partial charge in [-0.2, -0.15) is 0 Å². The molecule has 4 nitrogen and oxygen atoms in total. The number of methoxy groups -OCH3 is 1. The summed E-state index contributed by atoms with van der Waals surface area (Å²) in [5, 5.41) is 21.2. The summed E-state index contributed by atoms with van der Waals surface area (Å²) in [5.74, 6) is 0. The molecular formula is C6H14ClNO3. The Hall–Kier alpha value is 0.130. The van der Waals surface area contributed by atoms with Gasteiger partial charge in [0.2, 0.25) is 0 Å². The van der Waals surface area contributed by atoms with Crippen LogP contribution in [0.15, 0.2) is 0 Å². The van der Waals surface area contributed by atoms with E-state index in [1.807, 2.05) is 0 Å². The van der Waals surface area contributed by atoms with Gasteiger partial charge in [-0.25, -0.2) is 0 Å². The molecule has 1 saturated heterocycles. The first-order valence-corrected chi connectivity index (χ1v) is 3.34. The van der Waals surface area contributed by atoms with E-state index in [0.29, 0.717) is 13.2 Å². The number of aliphatic hydroxyl groups excluding tert-OH is 2. The van der Waals surface area contributed by atoms with E-state index >= 15 is 0 Å². The molecule has 3 N–H and O–H groups in total. The first kappa shape index (κ1) is 11.1. The fourth-order valence-corrected chi connectivity index (χ4v) is 1.12. The summed E-state index contributed by atoms with van der Waals surface area (Å²) in [6, 6.07) is -0.111. The Morgan fingerprint density at radius 2 is 2.18 bits per heavy atom. The normalized spacial score (nSPS) is 36.8. The van der Waals surface area contributed by atoms with Crippen molar-refractivity contribution >= 4 is 12.4 Å². The Balaban J connectivity index is 0.000001000. The van der Waals surface area contributed by atoms with Gasteiger partial charge in [-0.15, -0.1) is 12.4 Å². The van der Waals surface area contributed by atoms with Crippen LogP contribution in [0, 0.1) is 0 Å². The van der Waals surface area contributed by atoms with E-state index in [2.05, 4.69) is 5.32 Å². The lowest BCUT2D eigenvalue weighted by atomic mass is 10.1. The number of aliphatic hydroxyl groups is 2. The van der Waals surface area contributed by atoms with E-state index in [1.54, 1.807) is 7.11 Å². The molecule has 11 heavy (non-hydrogen) atoms. The van der Waals surface area contributed by atoms with Crippen LogP contribution in [-0.2, 0) is 4.74 Å². The van der Waals surface area contributed by atoms with Crippen LogP contribution in [0.3, 0.4) is 0 Å². The molecule has 1 rings (SSSR count). The Morgan fingerprint density at radius 3 is 2.55 bits per heavy atom. The highest BCUT2D eigenvalue weighted by Crippen LogP contribution is 2.07. The number of ether oxygens (including phenoxy) is 1. The summed E-state index contributed by atoms with van der Waals surface area (Å²) >= 11 is 0. The van der Waals surface area contributed by atoms with Crippen molar-refractivity contribution in [1.82, 2.24) is 5.32 Å². The Kier molecular flexibility index (Phi) is 4.96.